The molecule has 29 heavy (non-hydrogen) atoms. The van der Waals surface area contributed by atoms with Gasteiger partial charge in [-0.3, -0.25) is 4.79 Å². The largest absolute Gasteiger partial charge is 0.461 e. The lowest BCUT2D eigenvalue weighted by molar-refractivity contribution is -0.116. The topological polar surface area (TPSA) is 85.8 Å². The average molecular weight is 405 g/mol. The number of nitrogens with one attached hydrogen (secondary N) is 1. The number of carbonyl (C=O) groups excluding carboxylic acids is 1. The Morgan fingerprint density at radius 3 is 2.79 bits per heavy atom. The van der Waals surface area contributed by atoms with Crippen molar-refractivity contribution in [1.29, 1.82) is 0 Å². The SMILES string of the molecule is CSc1nnnn1-c1cccc(NC(=O)CCc2ccc(-c3ccccc3)o2)c1. The van der Waals surface area contributed by atoms with Crippen molar-refractivity contribution in [2.75, 3.05) is 11.6 Å². The summed E-state index contributed by atoms with van der Waals surface area (Å²) in [6, 6.07) is 21.2. The molecule has 2 aromatic carbocycles. The molecule has 0 saturated carbocycles. The van der Waals surface area contributed by atoms with E-state index < -0.39 is 0 Å². The molecule has 0 fully saturated rings. The fraction of sp³-hybridized carbons (Fsp3) is 0.143. The maximum Gasteiger partial charge on any atom is 0.224 e. The van der Waals surface area contributed by atoms with Crippen LogP contribution in [0, 0.1) is 0 Å². The van der Waals surface area contributed by atoms with Crippen LogP contribution in [-0.2, 0) is 11.2 Å². The fourth-order valence-electron chi connectivity index (χ4n) is 2.91. The van der Waals surface area contributed by atoms with Gasteiger partial charge in [0.05, 0.1) is 5.69 Å². The maximum absolute atomic E-state index is 12.4. The monoisotopic (exact) mass is 405 g/mol. The van der Waals surface area contributed by atoms with Crippen LogP contribution in [0.25, 0.3) is 17.0 Å². The van der Waals surface area contributed by atoms with E-state index >= 15 is 0 Å². The highest BCUT2D eigenvalue weighted by Gasteiger charge is 2.10. The maximum atomic E-state index is 12.4. The quantitative estimate of drug-likeness (QED) is 0.464. The molecule has 1 amide bonds. The third-order valence-electron chi connectivity index (χ3n) is 4.32. The van der Waals surface area contributed by atoms with E-state index in [0.717, 1.165) is 22.8 Å². The molecule has 7 nitrogen and oxygen atoms in total. The lowest BCUT2D eigenvalue weighted by Crippen LogP contribution is -2.12. The lowest BCUT2D eigenvalue weighted by atomic mass is 10.2. The normalized spacial score (nSPS) is 10.8. The molecule has 0 aliphatic carbocycles. The molecule has 4 aromatic rings. The first kappa shape index (κ1) is 18.9. The number of aryl methyl sites for hydroxylation is 1. The smallest absolute Gasteiger partial charge is 0.224 e. The third kappa shape index (κ3) is 4.55. The minimum atomic E-state index is -0.0818. The number of thioether (sulfide) groups is 1. The van der Waals surface area contributed by atoms with Crippen LogP contribution in [0.3, 0.4) is 0 Å². The number of tetrazole rings is 1. The first-order chi connectivity index (χ1) is 14.2. The van der Waals surface area contributed by atoms with Gasteiger partial charge in [-0.25, -0.2) is 0 Å². The highest BCUT2D eigenvalue weighted by atomic mass is 32.2. The Hall–Kier alpha value is -3.39. The van der Waals surface area contributed by atoms with E-state index in [1.807, 2.05) is 73.0 Å². The van der Waals surface area contributed by atoms with E-state index in [9.17, 15) is 4.79 Å². The molecule has 0 aliphatic heterocycles. The van der Waals surface area contributed by atoms with Gasteiger partial charge in [0.25, 0.3) is 0 Å². The van der Waals surface area contributed by atoms with Crippen molar-refractivity contribution in [2.45, 2.75) is 18.0 Å². The molecular formula is C21H19N5O2S. The number of nitrogens with zero attached hydrogens (tertiary/aromatic N) is 4. The Morgan fingerprint density at radius 2 is 1.97 bits per heavy atom. The number of aromatic nitrogens is 4. The van der Waals surface area contributed by atoms with Gasteiger partial charge >= 0.3 is 0 Å². The molecule has 2 aromatic heterocycles. The number of benzene rings is 2. The van der Waals surface area contributed by atoms with Gasteiger partial charge in [-0.2, -0.15) is 4.68 Å². The predicted octanol–water partition coefficient (Wildman–Crippen LogP) is 4.22. The lowest BCUT2D eigenvalue weighted by Gasteiger charge is -2.07. The summed E-state index contributed by atoms with van der Waals surface area (Å²) in [4.78, 5) is 12.4. The number of hydrogen-bond donors (Lipinski definition) is 1. The van der Waals surface area contributed by atoms with Crippen LogP contribution in [0.5, 0.6) is 0 Å². The Kier molecular flexibility index (Phi) is 5.71. The Bertz CT molecular complexity index is 1110. The molecule has 0 bridgehead atoms. The summed E-state index contributed by atoms with van der Waals surface area (Å²) < 4.78 is 7.49. The van der Waals surface area contributed by atoms with Gasteiger partial charge in [0, 0.05) is 24.1 Å². The van der Waals surface area contributed by atoms with Crippen LogP contribution in [0.2, 0.25) is 0 Å². The van der Waals surface area contributed by atoms with Crippen LogP contribution in [0.1, 0.15) is 12.2 Å². The minimum absolute atomic E-state index is 0.0818. The summed E-state index contributed by atoms with van der Waals surface area (Å²) in [7, 11) is 0. The van der Waals surface area contributed by atoms with E-state index in [2.05, 4.69) is 20.8 Å². The van der Waals surface area contributed by atoms with Crippen LogP contribution in [0.4, 0.5) is 5.69 Å². The molecule has 2 heterocycles. The number of furan rings is 1. The summed E-state index contributed by atoms with van der Waals surface area (Å²) in [6.45, 7) is 0. The standard InChI is InChI=1S/C21H19N5O2S/c1-29-21-23-24-25-26(21)17-9-5-8-16(14-17)22-20(27)13-11-18-10-12-19(28-18)15-6-3-2-4-7-15/h2-10,12,14H,11,13H2,1H3,(H,22,27). The molecule has 146 valence electrons. The second kappa shape index (κ2) is 8.74. The van der Waals surface area contributed by atoms with Gasteiger partial charge in [-0.1, -0.05) is 48.2 Å². The van der Waals surface area contributed by atoms with Crippen molar-refractivity contribution in [3.8, 4) is 17.0 Å². The van der Waals surface area contributed by atoms with Crippen LogP contribution in [-0.4, -0.2) is 32.4 Å². The first-order valence-corrected chi connectivity index (χ1v) is 10.3. The second-order valence-electron chi connectivity index (χ2n) is 6.31. The highest BCUT2D eigenvalue weighted by molar-refractivity contribution is 7.98. The van der Waals surface area contributed by atoms with Crippen LogP contribution >= 0.6 is 11.8 Å². The zero-order chi connectivity index (χ0) is 20.1. The van der Waals surface area contributed by atoms with Gasteiger partial charge < -0.3 is 9.73 Å². The van der Waals surface area contributed by atoms with Crippen LogP contribution < -0.4 is 5.32 Å². The number of carbonyl (C=O) groups is 1. The van der Waals surface area contributed by atoms with E-state index in [0.29, 0.717) is 23.7 Å². The number of amides is 1. The summed E-state index contributed by atoms with van der Waals surface area (Å²) in [6.07, 6.45) is 2.76. The van der Waals surface area contributed by atoms with Gasteiger partial charge in [0.2, 0.25) is 11.1 Å². The van der Waals surface area contributed by atoms with Crippen molar-refractivity contribution in [3.05, 3.63) is 72.5 Å². The summed E-state index contributed by atoms with van der Waals surface area (Å²) in [5.74, 6) is 1.51. The van der Waals surface area contributed by atoms with Crippen molar-refractivity contribution in [1.82, 2.24) is 20.2 Å². The molecule has 1 N–H and O–H groups in total. The minimum Gasteiger partial charge on any atom is -0.461 e. The first-order valence-electron chi connectivity index (χ1n) is 9.10. The molecule has 0 radical (unpaired) electrons. The van der Waals surface area contributed by atoms with Crippen molar-refractivity contribution in [3.63, 3.8) is 0 Å². The summed E-state index contributed by atoms with van der Waals surface area (Å²) in [5.41, 5.74) is 2.50. The Labute approximate surface area is 172 Å². The summed E-state index contributed by atoms with van der Waals surface area (Å²) in [5, 5.41) is 15.2. The van der Waals surface area contributed by atoms with E-state index in [-0.39, 0.29) is 5.91 Å². The molecule has 0 aliphatic rings. The van der Waals surface area contributed by atoms with Gasteiger partial charge in [-0.15, -0.1) is 5.10 Å². The van der Waals surface area contributed by atoms with E-state index in [1.165, 1.54) is 11.8 Å². The third-order valence-corrected chi connectivity index (χ3v) is 4.94. The zero-order valence-electron chi connectivity index (χ0n) is 15.8. The molecule has 4 rings (SSSR count). The fourth-order valence-corrected chi connectivity index (χ4v) is 3.35. The zero-order valence-corrected chi connectivity index (χ0v) is 16.6. The van der Waals surface area contributed by atoms with Crippen LogP contribution in [0.15, 0.2) is 76.3 Å². The molecule has 0 unspecified atom stereocenters. The van der Waals surface area contributed by atoms with E-state index in [4.69, 9.17) is 4.42 Å². The second-order valence-corrected chi connectivity index (χ2v) is 7.08. The molecule has 0 atom stereocenters. The number of hydrogen-bond acceptors (Lipinski definition) is 6. The van der Waals surface area contributed by atoms with Crippen molar-refractivity contribution < 1.29 is 9.21 Å². The molecule has 0 spiro atoms. The van der Waals surface area contributed by atoms with Gasteiger partial charge in [0.1, 0.15) is 11.5 Å². The van der Waals surface area contributed by atoms with Gasteiger partial charge in [0.15, 0.2) is 0 Å². The van der Waals surface area contributed by atoms with Gasteiger partial charge in [-0.05, 0) is 47.0 Å². The molecular weight excluding hydrogens is 386 g/mol. The molecule has 8 heteroatoms. The predicted molar refractivity (Wildman–Crippen MR) is 112 cm³/mol. The molecule has 0 saturated heterocycles. The number of rotatable bonds is 7. The summed E-state index contributed by atoms with van der Waals surface area (Å²) >= 11 is 1.45. The number of anilines is 1. The van der Waals surface area contributed by atoms with Crippen molar-refractivity contribution in [2.24, 2.45) is 0 Å². The van der Waals surface area contributed by atoms with Crippen molar-refractivity contribution >= 4 is 23.4 Å². The highest BCUT2D eigenvalue weighted by Crippen LogP contribution is 2.23. The Balaban J connectivity index is 1.37. The van der Waals surface area contributed by atoms with E-state index in [1.54, 1.807) is 4.68 Å². The Morgan fingerprint density at radius 1 is 1.10 bits per heavy atom. The average Bonchev–Trinajstić information content (AvgIpc) is 3.42.